The lowest BCUT2D eigenvalue weighted by Crippen LogP contribution is -1.98. The summed E-state index contributed by atoms with van der Waals surface area (Å²) in [6.07, 6.45) is 3.56. The summed E-state index contributed by atoms with van der Waals surface area (Å²) < 4.78 is 5.89. The molecule has 22 heavy (non-hydrogen) atoms. The number of rotatable bonds is 6. The number of aryl methyl sites for hydroxylation is 2. The van der Waals surface area contributed by atoms with E-state index in [1.807, 2.05) is 18.2 Å². The van der Waals surface area contributed by atoms with Gasteiger partial charge in [0.25, 0.3) is 0 Å². The van der Waals surface area contributed by atoms with Gasteiger partial charge in [-0.1, -0.05) is 42.8 Å². The van der Waals surface area contributed by atoms with E-state index >= 15 is 0 Å². The topological polar surface area (TPSA) is 46.5 Å². The lowest BCUT2D eigenvalue weighted by atomic mass is 10.1. The van der Waals surface area contributed by atoms with Gasteiger partial charge >= 0.3 is 5.97 Å². The van der Waals surface area contributed by atoms with Crippen molar-refractivity contribution in [3.05, 3.63) is 70.8 Å². The standard InChI is InChI=1S/C19H20O3/c1-3-17-12-15(9-11-19(20)21)8-10-18(17)22-13-16-6-4-14(2)5-7-16/h4-12H,3,13H2,1-2H3,(H,20,21)/b11-9+. The molecule has 1 N–H and O–H groups in total. The van der Waals surface area contributed by atoms with Gasteiger partial charge in [0.15, 0.2) is 0 Å². The molecule has 0 unspecified atom stereocenters. The largest absolute Gasteiger partial charge is 0.489 e. The van der Waals surface area contributed by atoms with E-state index in [0.29, 0.717) is 6.61 Å². The molecule has 0 saturated heterocycles. The van der Waals surface area contributed by atoms with Crippen molar-refractivity contribution < 1.29 is 14.6 Å². The Labute approximate surface area is 130 Å². The molecule has 2 rings (SSSR count). The zero-order chi connectivity index (χ0) is 15.9. The maximum absolute atomic E-state index is 10.6. The van der Waals surface area contributed by atoms with E-state index in [9.17, 15) is 4.79 Å². The fourth-order valence-corrected chi connectivity index (χ4v) is 2.13. The third-order valence-corrected chi connectivity index (χ3v) is 3.40. The molecule has 0 radical (unpaired) electrons. The van der Waals surface area contributed by atoms with Crippen molar-refractivity contribution in [1.82, 2.24) is 0 Å². The highest BCUT2D eigenvalue weighted by Crippen LogP contribution is 2.23. The first-order chi connectivity index (χ1) is 10.6. The van der Waals surface area contributed by atoms with E-state index in [0.717, 1.165) is 34.9 Å². The summed E-state index contributed by atoms with van der Waals surface area (Å²) in [4.78, 5) is 10.6. The van der Waals surface area contributed by atoms with Crippen molar-refractivity contribution in [3.8, 4) is 5.75 Å². The van der Waals surface area contributed by atoms with Crippen molar-refractivity contribution in [2.45, 2.75) is 26.9 Å². The molecule has 0 heterocycles. The fraction of sp³-hybridized carbons (Fsp3) is 0.211. The molecule has 0 aromatic heterocycles. The fourth-order valence-electron chi connectivity index (χ4n) is 2.13. The second kappa shape index (κ2) is 7.46. The average Bonchev–Trinajstić information content (AvgIpc) is 2.52. The van der Waals surface area contributed by atoms with Gasteiger partial charge in [-0.2, -0.15) is 0 Å². The molecule has 0 aliphatic rings. The van der Waals surface area contributed by atoms with Crippen LogP contribution in [0.1, 0.15) is 29.2 Å². The van der Waals surface area contributed by atoms with Crippen LogP contribution >= 0.6 is 0 Å². The number of ether oxygens (including phenoxy) is 1. The molecular formula is C19H20O3. The smallest absolute Gasteiger partial charge is 0.328 e. The Bertz CT molecular complexity index is 670. The quantitative estimate of drug-likeness (QED) is 0.811. The summed E-state index contributed by atoms with van der Waals surface area (Å²) in [5.41, 5.74) is 4.29. The molecule has 0 bridgehead atoms. The number of carboxylic acids is 1. The molecular weight excluding hydrogens is 276 g/mol. The SMILES string of the molecule is CCc1cc(/C=C/C(=O)O)ccc1OCc1ccc(C)cc1. The Morgan fingerprint density at radius 2 is 1.91 bits per heavy atom. The number of carbonyl (C=O) groups is 1. The summed E-state index contributed by atoms with van der Waals surface area (Å²) in [6, 6.07) is 14.0. The highest BCUT2D eigenvalue weighted by Gasteiger charge is 2.04. The first kappa shape index (κ1) is 15.8. The van der Waals surface area contributed by atoms with Crippen LogP contribution in [0.25, 0.3) is 6.08 Å². The molecule has 0 aliphatic heterocycles. The number of benzene rings is 2. The van der Waals surface area contributed by atoms with Crippen molar-refractivity contribution in [2.75, 3.05) is 0 Å². The molecule has 3 nitrogen and oxygen atoms in total. The summed E-state index contributed by atoms with van der Waals surface area (Å²) >= 11 is 0. The monoisotopic (exact) mass is 296 g/mol. The molecule has 0 spiro atoms. The van der Waals surface area contributed by atoms with Gasteiger partial charge in [-0.3, -0.25) is 0 Å². The van der Waals surface area contributed by atoms with Crippen LogP contribution in [-0.2, 0) is 17.8 Å². The Balaban J connectivity index is 2.10. The lowest BCUT2D eigenvalue weighted by Gasteiger charge is -2.11. The first-order valence-corrected chi connectivity index (χ1v) is 7.30. The number of hydrogen-bond donors (Lipinski definition) is 1. The zero-order valence-electron chi connectivity index (χ0n) is 12.9. The number of aliphatic carboxylic acids is 1. The summed E-state index contributed by atoms with van der Waals surface area (Å²) in [5, 5.41) is 8.67. The molecule has 114 valence electrons. The number of carboxylic acid groups (broad SMARTS) is 1. The van der Waals surface area contributed by atoms with Gasteiger partial charge < -0.3 is 9.84 Å². The van der Waals surface area contributed by atoms with Gasteiger partial charge in [-0.05, 0) is 48.2 Å². The van der Waals surface area contributed by atoms with Crippen molar-refractivity contribution in [2.24, 2.45) is 0 Å². The maximum Gasteiger partial charge on any atom is 0.328 e. The van der Waals surface area contributed by atoms with E-state index < -0.39 is 5.97 Å². The Morgan fingerprint density at radius 3 is 2.55 bits per heavy atom. The molecule has 3 heteroatoms. The minimum Gasteiger partial charge on any atom is -0.489 e. The second-order valence-electron chi connectivity index (χ2n) is 5.17. The minimum absolute atomic E-state index is 0.525. The molecule has 0 aliphatic carbocycles. The highest BCUT2D eigenvalue weighted by atomic mass is 16.5. The van der Waals surface area contributed by atoms with Gasteiger partial charge in [0.05, 0.1) is 0 Å². The Kier molecular flexibility index (Phi) is 5.37. The molecule has 0 saturated carbocycles. The van der Waals surface area contributed by atoms with E-state index in [1.54, 1.807) is 6.08 Å². The third kappa shape index (κ3) is 4.48. The van der Waals surface area contributed by atoms with Crippen LogP contribution in [0.4, 0.5) is 0 Å². The average molecular weight is 296 g/mol. The maximum atomic E-state index is 10.6. The summed E-state index contributed by atoms with van der Waals surface area (Å²) in [6.45, 7) is 4.64. The highest BCUT2D eigenvalue weighted by molar-refractivity contribution is 5.85. The molecule has 2 aromatic carbocycles. The van der Waals surface area contributed by atoms with Crippen LogP contribution in [0.3, 0.4) is 0 Å². The van der Waals surface area contributed by atoms with Crippen LogP contribution in [0, 0.1) is 6.92 Å². The van der Waals surface area contributed by atoms with Crippen LogP contribution in [-0.4, -0.2) is 11.1 Å². The van der Waals surface area contributed by atoms with E-state index in [4.69, 9.17) is 9.84 Å². The van der Waals surface area contributed by atoms with E-state index in [1.165, 1.54) is 5.56 Å². The predicted molar refractivity (Wildman–Crippen MR) is 88.0 cm³/mol. The first-order valence-electron chi connectivity index (χ1n) is 7.30. The summed E-state index contributed by atoms with van der Waals surface area (Å²) in [7, 11) is 0. The van der Waals surface area contributed by atoms with Crippen molar-refractivity contribution in [3.63, 3.8) is 0 Å². The van der Waals surface area contributed by atoms with E-state index in [2.05, 4.69) is 38.1 Å². The lowest BCUT2D eigenvalue weighted by molar-refractivity contribution is -0.131. The summed E-state index contributed by atoms with van der Waals surface area (Å²) in [5.74, 6) is -0.103. The van der Waals surface area contributed by atoms with Gasteiger partial charge in [0.2, 0.25) is 0 Å². The van der Waals surface area contributed by atoms with Crippen LogP contribution in [0.2, 0.25) is 0 Å². The molecule has 0 atom stereocenters. The van der Waals surface area contributed by atoms with Crippen molar-refractivity contribution >= 4 is 12.0 Å². The van der Waals surface area contributed by atoms with Crippen LogP contribution in [0.15, 0.2) is 48.5 Å². The van der Waals surface area contributed by atoms with Gasteiger partial charge in [-0.15, -0.1) is 0 Å². The number of hydrogen-bond acceptors (Lipinski definition) is 2. The Hall–Kier alpha value is -2.55. The van der Waals surface area contributed by atoms with Crippen LogP contribution in [0.5, 0.6) is 5.75 Å². The van der Waals surface area contributed by atoms with Crippen LogP contribution < -0.4 is 4.74 Å². The zero-order valence-corrected chi connectivity index (χ0v) is 12.9. The Morgan fingerprint density at radius 1 is 1.18 bits per heavy atom. The van der Waals surface area contributed by atoms with Gasteiger partial charge in [0, 0.05) is 6.08 Å². The predicted octanol–water partition coefficient (Wildman–Crippen LogP) is 4.23. The second-order valence-corrected chi connectivity index (χ2v) is 5.17. The third-order valence-electron chi connectivity index (χ3n) is 3.40. The van der Waals surface area contributed by atoms with Gasteiger partial charge in [0.1, 0.15) is 12.4 Å². The van der Waals surface area contributed by atoms with E-state index in [-0.39, 0.29) is 0 Å². The molecule has 0 fully saturated rings. The van der Waals surface area contributed by atoms with Gasteiger partial charge in [-0.25, -0.2) is 4.79 Å². The van der Waals surface area contributed by atoms with Crippen molar-refractivity contribution in [1.29, 1.82) is 0 Å². The minimum atomic E-state index is -0.947. The molecule has 0 amide bonds. The normalized spacial score (nSPS) is 10.8. The molecule has 2 aromatic rings.